The predicted octanol–water partition coefficient (Wildman–Crippen LogP) is 4.54. The Morgan fingerprint density at radius 2 is 1.95 bits per heavy atom. The van der Waals surface area contributed by atoms with Gasteiger partial charge in [0, 0.05) is 16.1 Å². The molecule has 0 saturated carbocycles. The number of nitriles is 1. The highest BCUT2D eigenvalue weighted by Crippen LogP contribution is 2.25. The molecule has 0 N–H and O–H groups in total. The third-order valence-corrected chi connectivity index (χ3v) is 3.68. The molecule has 0 fully saturated rings. The van der Waals surface area contributed by atoms with Crippen LogP contribution in [0.1, 0.15) is 17.0 Å². The second kappa shape index (κ2) is 6.37. The van der Waals surface area contributed by atoms with Gasteiger partial charge in [-0.1, -0.05) is 45.4 Å². The fraction of sp³-hybridized carbons (Fsp3) is 0. The van der Waals surface area contributed by atoms with Crippen LogP contribution in [0.25, 0.3) is 23.5 Å². The number of hydrogen-bond acceptors (Lipinski definition) is 4. The average molecular weight is 352 g/mol. The van der Waals surface area contributed by atoms with Crippen molar-refractivity contribution in [3.63, 3.8) is 0 Å². The molecule has 1 heterocycles. The quantitative estimate of drug-likeness (QED) is 0.694. The van der Waals surface area contributed by atoms with Gasteiger partial charge in [0.05, 0.1) is 11.6 Å². The van der Waals surface area contributed by atoms with Crippen molar-refractivity contribution in [3.05, 3.63) is 70.0 Å². The second-order valence-electron chi connectivity index (χ2n) is 4.51. The molecule has 0 spiro atoms. The molecule has 0 amide bonds. The Morgan fingerprint density at radius 1 is 1.09 bits per heavy atom. The summed E-state index contributed by atoms with van der Waals surface area (Å²) in [6.07, 6.45) is 3.56. The minimum absolute atomic E-state index is 0.410. The number of halogens is 1. The lowest BCUT2D eigenvalue weighted by atomic mass is 10.1. The van der Waals surface area contributed by atoms with Crippen LogP contribution >= 0.6 is 15.9 Å². The Hall–Kier alpha value is -2.71. The largest absolute Gasteiger partial charge is 0.334 e. The minimum atomic E-state index is 0.410. The van der Waals surface area contributed by atoms with Gasteiger partial charge in [-0.25, -0.2) is 0 Å². The summed E-state index contributed by atoms with van der Waals surface area (Å²) in [4.78, 5) is 4.34. The molecule has 3 rings (SSSR count). The number of nitrogens with zero attached hydrogens (tertiary/aromatic N) is 3. The van der Waals surface area contributed by atoms with Gasteiger partial charge < -0.3 is 4.52 Å². The van der Waals surface area contributed by atoms with Crippen molar-refractivity contribution in [2.45, 2.75) is 0 Å². The monoisotopic (exact) mass is 351 g/mol. The van der Waals surface area contributed by atoms with Gasteiger partial charge in [0.25, 0.3) is 5.89 Å². The van der Waals surface area contributed by atoms with Gasteiger partial charge in [-0.05, 0) is 35.9 Å². The molecule has 5 heteroatoms. The molecule has 0 unspecified atom stereocenters. The van der Waals surface area contributed by atoms with Gasteiger partial charge in [-0.2, -0.15) is 10.2 Å². The van der Waals surface area contributed by atoms with Crippen LogP contribution in [-0.4, -0.2) is 10.1 Å². The molecule has 0 saturated heterocycles. The van der Waals surface area contributed by atoms with E-state index in [4.69, 9.17) is 9.78 Å². The lowest BCUT2D eigenvalue weighted by Crippen LogP contribution is -1.81. The van der Waals surface area contributed by atoms with Crippen molar-refractivity contribution in [1.29, 1.82) is 5.26 Å². The number of hydrogen-bond donors (Lipinski definition) is 0. The lowest BCUT2D eigenvalue weighted by Gasteiger charge is -1.96. The molecule has 1 aromatic heterocycles. The smallest absolute Gasteiger partial charge is 0.250 e. The number of aromatic nitrogens is 2. The molecule has 3 aromatic rings. The third-order valence-electron chi connectivity index (χ3n) is 2.99. The molecular formula is C17H10BrN3O. The van der Waals surface area contributed by atoms with Gasteiger partial charge in [-0.3, -0.25) is 0 Å². The zero-order valence-electron chi connectivity index (χ0n) is 11.4. The van der Waals surface area contributed by atoms with Crippen molar-refractivity contribution in [1.82, 2.24) is 10.1 Å². The van der Waals surface area contributed by atoms with Gasteiger partial charge >= 0.3 is 0 Å². The summed E-state index contributed by atoms with van der Waals surface area (Å²) < 4.78 is 6.13. The van der Waals surface area contributed by atoms with Crippen molar-refractivity contribution >= 4 is 28.1 Å². The van der Waals surface area contributed by atoms with Crippen molar-refractivity contribution in [2.24, 2.45) is 0 Å². The molecule has 106 valence electrons. The molecule has 4 nitrogen and oxygen atoms in total. The van der Waals surface area contributed by atoms with Crippen LogP contribution in [0.5, 0.6) is 0 Å². The first kappa shape index (κ1) is 14.2. The fourth-order valence-corrected chi connectivity index (χ4v) is 2.40. The van der Waals surface area contributed by atoms with Gasteiger partial charge in [0.1, 0.15) is 0 Å². The highest BCUT2D eigenvalue weighted by molar-refractivity contribution is 9.10. The van der Waals surface area contributed by atoms with E-state index in [-0.39, 0.29) is 0 Å². The van der Waals surface area contributed by atoms with E-state index >= 15 is 0 Å². The molecule has 22 heavy (non-hydrogen) atoms. The van der Waals surface area contributed by atoms with Crippen LogP contribution in [0.3, 0.4) is 0 Å². The fourth-order valence-electron chi connectivity index (χ4n) is 1.93. The second-order valence-corrected chi connectivity index (χ2v) is 5.36. The van der Waals surface area contributed by atoms with E-state index in [1.54, 1.807) is 18.2 Å². The molecule has 0 aliphatic carbocycles. The summed E-state index contributed by atoms with van der Waals surface area (Å²) in [6, 6.07) is 17.1. The van der Waals surface area contributed by atoms with Crippen LogP contribution < -0.4 is 0 Å². The summed E-state index contributed by atoms with van der Waals surface area (Å²) in [5.74, 6) is 0.936. The highest BCUT2D eigenvalue weighted by Gasteiger charge is 2.09. The molecule has 0 radical (unpaired) electrons. The maximum absolute atomic E-state index is 8.88. The third kappa shape index (κ3) is 3.13. The topological polar surface area (TPSA) is 62.7 Å². The van der Waals surface area contributed by atoms with E-state index in [9.17, 15) is 0 Å². The summed E-state index contributed by atoms with van der Waals surface area (Å²) in [6.45, 7) is 0. The van der Waals surface area contributed by atoms with Crippen molar-refractivity contribution < 1.29 is 4.52 Å². The predicted molar refractivity (Wildman–Crippen MR) is 87.5 cm³/mol. The van der Waals surface area contributed by atoms with Crippen LogP contribution in [0.4, 0.5) is 0 Å². The van der Waals surface area contributed by atoms with Crippen LogP contribution in [0.2, 0.25) is 0 Å². The first-order valence-corrected chi connectivity index (χ1v) is 7.32. The van der Waals surface area contributed by atoms with Crippen LogP contribution in [0.15, 0.2) is 57.5 Å². The summed E-state index contributed by atoms with van der Waals surface area (Å²) in [5.41, 5.74) is 2.39. The molecule has 0 bridgehead atoms. The first-order chi connectivity index (χ1) is 10.8. The highest BCUT2D eigenvalue weighted by atomic mass is 79.9. The normalized spacial score (nSPS) is 10.7. The van der Waals surface area contributed by atoms with E-state index in [0.717, 1.165) is 15.6 Å². The Balaban J connectivity index is 1.84. The van der Waals surface area contributed by atoms with E-state index in [0.29, 0.717) is 17.3 Å². The Kier molecular flexibility index (Phi) is 4.12. The summed E-state index contributed by atoms with van der Waals surface area (Å²) in [5, 5.41) is 12.9. The van der Waals surface area contributed by atoms with Crippen LogP contribution in [0, 0.1) is 11.3 Å². The molecular weight excluding hydrogens is 342 g/mol. The average Bonchev–Trinajstić information content (AvgIpc) is 3.02. The Labute approximate surface area is 135 Å². The number of rotatable bonds is 3. The lowest BCUT2D eigenvalue weighted by molar-refractivity contribution is 0.411. The van der Waals surface area contributed by atoms with Gasteiger partial charge in [-0.15, -0.1) is 0 Å². The maximum Gasteiger partial charge on any atom is 0.250 e. The molecule has 0 aliphatic rings. The molecule has 0 atom stereocenters. The number of benzene rings is 2. The zero-order chi connectivity index (χ0) is 15.4. The molecule has 0 aliphatic heterocycles. The van der Waals surface area contributed by atoms with Gasteiger partial charge in [0.15, 0.2) is 0 Å². The first-order valence-electron chi connectivity index (χ1n) is 6.53. The Morgan fingerprint density at radius 3 is 2.77 bits per heavy atom. The zero-order valence-corrected chi connectivity index (χ0v) is 13.0. The van der Waals surface area contributed by atoms with E-state index in [1.807, 2.05) is 42.5 Å². The summed E-state index contributed by atoms with van der Waals surface area (Å²) in [7, 11) is 0. The van der Waals surface area contributed by atoms with E-state index in [2.05, 4.69) is 32.1 Å². The maximum atomic E-state index is 8.88. The molecule has 2 aromatic carbocycles. The van der Waals surface area contributed by atoms with E-state index in [1.165, 1.54) is 0 Å². The van der Waals surface area contributed by atoms with E-state index < -0.39 is 0 Å². The SMILES string of the molecule is N#Cc1cccc(/C=C/c2nc(-c3ccccc3Br)no2)c1. The van der Waals surface area contributed by atoms with Crippen molar-refractivity contribution in [2.75, 3.05) is 0 Å². The van der Waals surface area contributed by atoms with Gasteiger partial charge in [0.2, 0.25) is 5.82 Å². The standard InChI is InChI=1S/C17H10BrN3O/c18-15-7-2-1-6-14(15)17-20-16(22-21-17)9-8-12-4-3-5-13(10-12)11-19/h1-10H/b9-8+. The van der Waals surface area contributed by atoms with Crippen molar-refractivity contribution in [3.8, 4) is 17.5 Å². The van der Waals surface area contributed by atoms with Crippen LogP contribution in [-0.2, 0) is 0 Å². The minimum Gasteiger partial charge on any atom is -0.334 e. The summed E-state index contributed by atoms with van der Waals surface area (Å²) >= 11 is 3.46. The Bertz CT molecular complexity index is 877.